The van der Waals surface area contributed by atoms with Gasteiger partial charge in [0.2, 0.25) is 0 Å². The van der Waals surface area contributed by atoms with Crippen LogP contribution in [0.1, 0.15) is 5.69 Å². The lowest BCUT2D eigenvalue weighted by Gasteiger charge is -2.04. The molecule has 0 atom stereocenters. The molecule has 0 fully saturated rings. The molecule has 0 bridgehead atoms. The van der Waals surface area contributed by atoms with Crippen LogP contribution in [0, 0.1) is 6.92 Å². The summed E-state index contributed by atoms with van der Waals surface area (Å²) in [5.74, 6) is 0. The number of hydrogen-bond acceptors (Lipinski definition) is 3. The van der Waals surface area contributed by atoms with E-state index in [1.165, 1.54) is 4.70 Å². The third-order valence-electron chi connectivity index (χ3n) is 3.35. The highest BCUT2D eigenvalue weighted by atomic mass is 32.1. The third kappa shape index (κ3) is 2.14. The summed E-state index contributed by atoms with van der Waals surface area (Å²) in [6.45, 7) is 2.01. The highest BCUT2D eigenvalue weighted by Crippen LogP contribution is 2.31. The first-order valence-corrected chi connectivity index (χ1v) is 7.61. The summed E-state index contributed by atoms with van der Waals surface area (Å²) in [5, 5.41) is 5.61. The Kier molecular flexibility index (Phi) is 2.82. The molecule has 4 heteroatoms. The lowest BCUT2D eigenvalue weighted by Crippen LogP contribution is -1.98. The Hall–Kier alpha value is -2.46. The second-order valence-electron chi connectivity index (χ2n) is 4.91. The maximum atomic E-state index is 4.74. The van der Waals surface area contributed by atoms with E-state index >= 15 is 0 Å². The van der Waals surface area contributed by atoms with Crippen LogP contribution in [0.5, 0.6) is 0 Å². The largest absolute Gasteiger partial charge is 0.234 e. The summed E-state index contributed by atoms with van der Waals surface area (Å²) in [4.78, 5) is 4.74. The van der Waals surface area contributed by atoms with E-state index in [0.717, 1.165) is 27.6 Å². The van der Waals surface area contributed by atoms with Crippen molar-refractivity contribution in [1.82, 2.24) is 14.8 Å². The number of nitrogens with zero attached hydrogens (tertiary/aromatic N) is 3. The van der Waals surface area contributed by atoms with Crippen LogP contribution in [0.4, 0.5) is 0 Å². The quantitative estimate of drug-likeness (QED) is 0.546. The molecule has 0 aliphatic rings. The van der Waals surface area contributed by atoms with Crippen LogP contribution >= 0.6 is 11.3 Å². The van der Waals surface area contributed by atoms with Crippen molar-refractivity contribution in [2.45, 2.75) is 6.92 Å². The Morgan fingerprint density at radius 1 is 0.952 bits per heavy atom. The van der Waals surface area contributed by atoms with Crippen molar-refractivity contribution in [3.63, 3.8) is 0 Å². The predicted molar refractivity (Wildman–Crippen MR) is 86.9 cm³/mol. The number of aryl methyl sites for hydroxylation is 1. The molecule has 4 rings (SSSR count). The van der Waals surface area contributed by atoms with Gasteiger partial charge in [-0.3, -0.25) is 0 Å². The van der Waals surface area contributed by atoms with Gasteiger partial charge in [-0.1, -0.05) is 30.3 Å². The van der Waals surface area contributed by atoms with Gasteiger partial charge in [0.15, 0.2) is 0 Å². The number of hydrogen-bond donors (Lipinski definition) is 0. The third-order valence-corrected chi connectivity index (χ3v) is 4.40. The Labute approximate surface area is 126 Å². The van der Waals surface area contributed by atoms with Gasteiger partial charge in [-0.15, -0.1) is 11.3 Å². The number of aromatic nitrogens is 3. The first kappa shape index (κ1) is 12.3. The summed E-state index contributed by atoms with van der Waals surface area (Å²) in [7, 11) is 0. The normalized spacial score (nSPS) is 11.1. The van der Waals surface area contributed by atoms with E-state index in [9.17, 15) is 0 Å². The van der Waals surface area contributed by atoms with E-state index in [1.807, 2.05) is 48.0 Å². The zero-order valence-corrected chi connectivity index (χ0v) is 12.3. The Bertz CT molecular complexity index is 873. The number of para-hydroxylation sites is 2. The molecule has 102 valence electrons. The topological polar surface area (TPSA) is 30.7 Å². The highest BCUT2D eigenvalue weighted by Gasteiger charge is 2.13. The zero-order chi connectivity index (χ0) is 14.2. The fourth-order valence-electron chi connectivity index (χ4n) is 2.40. The first-order valence-electron chi connectivity index (χ1n) is 6.79. The molecule has 0 spiro atoms. The molecular weight excluding hydrogens is 278 g/mol. The maximum absolute atomic E-state index is 4.74. The first-order chi connectivity index (χ1) is 10.3. The second-order valence-corrected chi connectivity index (χ2v) is 5.94. The van der Waals surface area contributed by atoms with Crippen molar-refractivity contribution in [3.8, 4) is 16.4 Å². The fourth-order valence-corrected chi connectivity index (χ4v) is 3.37. The molecule has 2 heterocycles. The van der Waals surface area contributed by atoms with Gasteiger partial charge in [0.05, 0.1) is 21.6 Å². The lowest BCUT2D eigenvalue weighted by molar-refractivity contribution is 0.868. The van der Waals surface area contributed by atoms with Crippen molar-refractivity contribution in [2.24, 2.45) is 0 Å². The Balaban J connectivity index is 1.92. The molecule has 0 N–H and O–H groups in total. The minimum atomic E-state index is 0.994. The SMILES string of the molecule is Cc1cc(-c2nc3ccccc3s2)n(-c2ccccc2)n1. The maximum Gasteiger partial charge on any atom is 0.143 e. The smallest absolute Gasteiger partial charge is 0.143 e. The Morgan fingerprint density at radius 3 is 2.52 bits per heavy atom. The van der Waals surface area contributed by atoms with E-state index in [4.69, 9.17) is 4.98 Å². The van der Waals surface area contributed by atoms with Gasteiger partial charge in [0, 0.05) is 0 Å². The van der Waals surface area contributed by atoms with Gasteiger partial charge in [-0.25, -0.2) is 9.67 Å². The zero-order valence-electron chi connectivity index (χ0n) is 11.5. The molecule has 2 aromatic carbocycles. The number of rotatable bonds is 2. The van der Waals surface area contributed by atoms with Crippen LogP contribution in [0.25, 0.3) is 26.6 Å². The van der Waals surface area contributed by atoms with Crippen LogP contribution in [0.2, 0.25) is 0 Å². The van der Waals surface area contributed by atoms with Gasteiger partial charge in [0.1, 0.15) is 10.7 Å². The number of thiazole rings is 1. The average molecular weight is 291 g/mol. The molecule has 0 aliphatic carbocycles. The van der Waals surface area contributed by atoms with E-state index < -0.39 is 0 Å². The highest BCUT2D eigenvalue weighted by molar-refractivity contribution is 7.21. The molecule has 0 saturated carbocycles. The number of fused-ring (bicyclic) bond motifs is 1. The number of benzene rings is 2. The van der Waals surface area contributed by atoms with Gasteiger partial charge in [0.25, 0.3) is 0 Å². The van der Waals surface area contributed by atoms with E-state index in [0.29, 0.717) is 0 Å². The Morgan fingerprint density at radius 2 is 1.71 bits per heavy atom. The standard InChI is InChI=1S/C17H13N3S/c1-12-11-15(20(19-12)13-7-3-2-4-8-13)17-18-14-9-5-6-10-16(14)21-17/h2-11H,1H3. The minimum Gasteiger partial charge on any atom is -0.234 e. The molecule has 0 amide bonds. The van der Waals surface area contributed by atoms with Crippen LogP contribution in [0.15, 0.2) is 60.7 Å². The summed E-state index contributed by atoms with van der Waals surface area (Å²) < 4.78 is 3.17. The summed E-state index contributed by atoms with van der Waals surface area (Å²) in [6.07, 6.45) is 0. The molecule has 0 radical (unpaired) electrons. The van der Waals surface area contributed by atoms with Crippen LogP contribution in [-0.4, -0.2) is 14.8 Å². The van der Waals surface area contributed by atoms with Gasteiger partial charge < -0.3 is 0 Å². The van der Waals surface area contributed by atoms with Crippen LogP contribution in [0.3, 0.4) is 0 Å². The van der Waals surface area contributed by atoms with E-state index in [2.05, 4.69) is 29.4 Å². The van der Waals surface area contributed by atoms with Gasteiger partial charge >= 0.3 is 0 Å². The van der Waals surface area contributed by atoms with Crippen molar-refractivity contribution >= 4 is 21.6 Å². The molecule has 0 unspecified atom stereocenters. The van der Waals surface area contributed by atoms with Crippen LogP contribution < -0.4 is 0 Å². The second kappa shape index (κ2) is 4.82. The minimum absolute atomic E-state index is 0.994. The fraction of sp³-hybridized carbons (Fsp3) is 0.0588. The van der Waals surface area contributed by atoms with Crippen molar-refractivity contribution in [1.29, 1.82) is 0 Å². The monoisotopic (exact) mass is 291 g/mol. The molecule has 21 heavy (non-hydrogen) atoms. The molecule has 0 saturated heterocycles. The van der Waals surface area contributed by atoms with Crippen molar-refractivity contribution in [3.05, 3.63) is 66.4 Å². The van der Waals surface area contributed by atoms with E-state index in [-0.39, 0.29) is 0 Å². The molecule has 2 aromatic heterocycles. The average Bonchev–Trinajstić information content (AvgIpc) is 3.11. The van der Waals surface area contributed by atoms with Crippen molar-refractivity contribution in [2.75, 3.05) is 0 Å². The predicted octanol–water partition coefficient (Wildman–Crippen LogP) is 4.46. The lowest BCUT2D eigenvalue weighted by atomic mass is 10.3. The molecular formula is C17H13N3S. The summed E-state index contributed by atoms with van der Waals surface area (Å²) >= 11 is 1.70. The molecule has 4 aromatic rings. The van der Waals surface area contributed by atoms with Crippen molar-refractivity contribution < 1.29 is 0 Å². The van der Waals surface area contributed by atoms with E-state index in [1.54, 1.807) is 11.3 Å². The summed E-state index contributed by atoms with van der Waals surface area (Å²) in [6, 6.07) is 20.5. The van der Waals surface area contributed by atoms with Gasteiger partial charge in [-0.2, -0.15) is 5.10 Å². The summed E-state index contributed by atoms with van der Waals surface area (Å²) in [5.41, 5.74) is 4.13. The molecule has 3 nitrogen and oxygen atoms in total. The molecule has 0 aliphatic heterocycles. The van der Waals surface area contributed by atoms with Crippen LogP contribution in [-0.2, 0) is 0 Å². The van der Waals surface area contributed by atoms with Gasteiger partial charge in [-0.05, 0) is 37.3 Å².